The lowest BCUT2D eigenvalue weighted by Gasteiger charge is -2.35. The first-order valence-corrected chi connectivity index (χ1v) is 9.43. The van der Waals surface area contributed by atoms with Gasteiger partial charge in [0.2, 0.25) is 11.8 Å². The minimum atomic E-state index is -0.644. The average Bonchev–Trinajstić information content (AvgIpc) is 3.04. The van der Waals surface area contributed by atoms with Gasteiger partial charge in [0.25, 0.3) is 5.91 Å². The number of hydrogen-bond donors (Lipinski definition) is 0. The molecule has 0 bridgehead atoms. The third kappa shape index (κ3) is 4.18. The number of ether oxygens (including phenoxy) is 1. The second kappa shape index (κ2) is 8.33. The second-order valence-corrected chi connectivity index (χ2v) is 6.89. The summed E-state index contributed by atoms with van der Waals surface area (Å²) in [5.41, 5.74) is 0.559. The first kappa shape index (κ1) is 19.1. The van der Waals surface area contributed by atoms with Gasteiger partial charge in [-0.2, -0.15) is 0 Å². The van der Waals surface area contributed by atoms with Crippen LogP contribution in [0.4, 0.5) is 5.69 Å². The van der Waals surface area contributed by atoms with Gasteiger partial charge in [0.05, 0.1) is 11.3 Å². The molecule has 2 heterocycles. The van der Waals surface area contributed by atoms with Crippen LogP contribution in [0.1, 0.15) is 55.8 Å². The number of carbonyl (C=O) groups is 4. The Labute approximate surface area is 158 Å². The fourth-order valence-electron chi connectivity index (χ4n) is 3.68. The van der Waals surface area contributed by atoms with E-state index in [-0.39, 0.29) is 48.8 Å². The zero-order chi connectivity index (χ0) is 19.4. The lowest BCUT2D eigenvalue weighted by atomic mass is 10.00. The molecular formula is C20H24N2O5. The number of nitrogens with zero attached hydrogens (tertiary/aromatic N) is 2. The molecule has 0 saturated carbocycles. The van der Waals surface area contributed by atoms with Gasteiger partial charge in [-0.25, -0.2) is 4.79 Å². The van der Waals surface area contributed by atoms with Crippen molar-refractivity contribution in [2.75, 3.05) is 18.1 Å². The highest BCUT2D eigenvalue weighted by molar-refractivity contribution is 6.20. The van der Waals surface area contributed by atoms with Crippen LogP contribution in [0.25, 0.3) is 0 Å². The summed E-state index contributed by atoms with van der Waals surface area (Å²) in [6.07, 6.45) is 4.31. The van der Waals surface area contributed by atoms with E-state index in [9.17, 15) is 19.2 Å². The van der Waals surface area contributed by atoms with E-state index in [1.54, 1.807) is 17.0 Å². The van der Waals surface area contributed by atoms with Gasteiger partial charge < -0.3 is 9.64 Å². The van der Waals surface area contributed by atoms with Crippen molar-refractivity contribution in [3.05, 3.63) is 29.8 Å². The van der Waals surface area contributed by atoms with Gasteiger partial charge in [-0.05, 0) is 43.9 Å². The largest absolute Gasteiger partial charge is 0.452 e. The summed E-state index contributed by atoms with van der Waals surface area (Å²) in [5, 5.41) is 0. The van der Waals surface area contributed by atoms with Gasteiger partial charge in [-0.1, -0.05) is 13.0 Å². The van der Waals surface area contributed by atoms with Gasteiger partial charge >= 0.3 is 5.97 Å². The number of carbonyl (C=O) groups excluding carboxylic acids is 4. The zero-order valence-corrected chi connectivity index (χ0v) is 15.5. The number of hydrogen-bond acceptors (Lipinski definition) is 5. The van der Waals surface area contributed by atoms with E-state index in [2.05, 4.69) is 6.92 Å². The van der Waals surface area contributed by atoms with E-state index in [1.807, 2.05) is 0 Å². The van der Waals surface area contributed by atoms with Crippen LogP contribution in [-0.4, -0.2) is 47.8 Å². The highest BCUT2D eigenvalue weighted by Gasteiger charge is 2.31. The summed E-state index contributed by atoms with van der Waals surface area (Å²) in [5.74, 6) is -1.39. The Morgan fingerprint density at radius 1 is 1.15 bits per heavy atom. The molecule has 1 atom stereocenters. The molecular weight excluding hydrogens is 348 g/mol. The Balaban J connectivity index is 1.63. The van der Waals surface area contributed by atoms with Crippen molar-refractivity contribution in [2.45, 2.75) is 51.5 Å². The molecule has 3 rings (SSSR count). The monoisotopic (exact) mass is 372 g/mol. The predicted octanol–water partition coefficient (Wildman–Crippen LogP) is 2.29. The molecule has 0 aromatic heterocycles. The van der Waals surface area contributed by atoms with Gasteiger partial charge in [0.1, 0.15) is 0 Å². The maximum absolute atomic E-state index is 12.4. The number of anilines is 1. The first-order valence-electron chi connectivity index (χ1n) is 9.43. The van der Waals surface area contributed by atoms with Gasteiger partial charge in [-0.3, -0.25) is 19.3 Å². The standard InChI is InChI=1S/C20H24N2O5/c1-2-15-7-3-4-11-21(15)19(25)13-27-20(26)14-6-5-8-16(12-14)22-17(23)9-10-18(22)24/h5-6,8,12,15H,2-4,7,9-11,13H2,1H3. The summed E-state index contributed by atoms with van der Waals surface area (Å²) in [7, 11) is 0. The van der Waals surface area contributed by atoms with E-state index >= 15 is 0 Å². The summed E-state index contributed by atoms with van der Waals surface area (Å²) in [6, 6.07) is 6.38. The van der Waals surface area contributed by atoms with Crippen molar-refractivity contribution >= 4 is 29.4 Å². The molecule has 0 radical (unpaired) electrons. The molecule has 0 N–H and O–H groups in total. The molecule has 1 aromatic carbocycles. The van der Waals surface area contributed by atoms with Crippen molar-refractivity contribution in [1.82, 2.24) is 4.90 Å². The predicted molar refractivity (Wildman–Crippen MR) is 98.1 cm³/mol. The van der Waals surface area contributed by atoms with Crippen molar-refractivity contribution in [1.29, 1.82) is 0 Å². The SMILES string of the molecule is CCC1CCCCN1C(=O)COC(=O)c1cccc(N2C(=O)CCC2=O)c1. The summed E-state index contributed by atoms with van der Waals surface area (Å²) >= 11 is 0. The second-order valence-electron chi connectivity index (χ2n) is 6.89. The summed E-state index contributed by atoms with van der Waals surface area (Å²) in [6.45, 7) is 2.44. The van der Waals surface area contributed by atoms with Gasteiger partial charge in [-0.15, -0.1) is 0 Å². The lowest BCUT2D eigenvalue weighted by molar-refractivity contribution is -0.138. The molecule has 1 unspecified atom stereocenters. The molecule has 0 spiro atoms. The Morgan fingerprint density at radius 2 is 1.89 bits per heavy atom. The average molecular weight is 372 g/mol. The Bertz CT molecular complexity index is 744. The zero-order valence-electron chi connectivity index (χ0n) is 15.5. The number of likely N-dealkylation sites (tertiary alicyclic amines) is 1. The number of benzene rings is 1. The van der Waals surface area contributed by atoms with Crippen LogP contribution in [0.5, 0.6) is 0 Å². The van der Waals surface area contributed by atoms with Crippen molar-refractivity contribution in [3.63, 3.8) is 0 Å². The van der Waals surface area contributed by atoms with Crippen molar-refractivity contribution in [2.24, 2.45) is 0 Å². The minimum absolute atomic E-state index is 0.177. The molecule has 3 amide bonds. The molecule has 2 fully saturated rings. The fraction of sp³-hybridized carbons (Fsp3) is 0.500. The Hall–Kier alpha value is -2.70. The third-order valence-corrected chi connectivity index (χ3v) is 5.14. The minimum Gasteiger partial charge on any atom is -0.452 e. The van der Waals surface area contributed by atoms with Crippen LogP contribution >= 0.6 is 0 Å². The first-order chi connectivity index (χ1) is 13.0. The van der Waals surface area contributed by atoms with Gasteiger partial charge in [0.15, 0.2) is 6.61 Å². The van der Waals surface area contributed by atoms with E-state index in [4.69, 9.17) is 4.74 Å². The highest BCUT2D eigenvalue weighted by atomic mass is 16.5. The van der Waals surface area contributed by atoms with E-state index in [1.165, 1.54) is 12.1 Å². The fourth-order valence-corrected chi connectivity index (χ4v) is 3.68. The van der Waals surface area contributed by atoms with E-state index in [0.717, 1.165) is 30.6 Å². The molecule has 2 aliphatic rings. The molecule has 7 nitrogen and oxygen atoms in total. The number of rotatable bonds is 5. The van der Waals surface area contributed by atoms with E-state index < -0.39 is 5.97 Å². The Morgan fingerprint density at radius 3 is 2.59 bits per heavy atom. The van der Waals surface area contributed by atoms with Crippen LogP contribution < -0.4 is 4.90 Å². The normalized spacial score (nSPS) is 20.1. The Kier molecular flexibility index (Phi) is 5.88. The number of imide groups is 1. The third-order valence-electron chi connectivity index (χ3n) is 5.14. The quantitative estimate of drug-likeness (QED) is 0.585. The highest BCUT2D eigenvalue weighted by Crippen LogP contribution is 2.24. The summed E-state index contributed by atoms with van der Waals surface area (Å²) < 4.78 is 5.19. The number of piperidine rings is 1. The van der Waals surface area contributed by atoms with E-state index in [0.29, 0.717) is 12.2 Å². The molecule has 7 heteroatoms. The topological polar surface area (TPSA) is 84.0 Å². The van der Waals surface area contributed by atoms with Crippen LogP contribution in [0.2, 0.25) is 0 Å². The molecule has 2 aliphatic heterocycles. The maximum Gasteiger partial charge on any atom is 0.338 e. The van der Waals surface area contributed by atoms with Crippen molar-refractivity contribution < 1.29 is 23.9 Å². The molecule has 0 aliphatic carbocycles. The molecule has 2 saturated heterocycles. The maximum atomic E-state index is 12.4. The summed E-state index contributed by atoms with van der Waals surface area (Å²) in [4.78, 5) is 51.3. The molecule has 144 valence electrons. The van der Waals surface area contributed by atoms with Gasteiger partial charge in [0, 0.05) is 25.4 Å². The van der Waals surface area contributed by atoms with Crippen LogP contribution in [0.3, 0.4) is 0 Å². The van der Waals surface area contributed by atoms with Crippen LogP contribution in [-0.2, 0) is 19.1 Å². The number of esters is 1. The van der Waals surface area contributed by atoms with Crippen LogP contribution in [0, 0.1) is 0 Å². The number of amides is 3. The van der Waals surface area contributed by atoms with Crippen molar-refractivity contribution in [3.8, 4) is 0 Å². The smallest absolute Gasteiger partial charge is 0.338 e. The van der Waals surface area contributed by atoms with Crippen LogP contribution in [0.15, 0.2) is 24.3 Å². The lowest BCUT2D eigenvalue weighted by Crippen LogP contribution is -2.45. The molecule has 27 heavy (non-hydrogen) atoms. The molecule has 1 aromatic rings.